The van der Waals surface area contributed by atoms with Gasteiger partial charge >= 0.3 is 6.03 Å². The molecule has 0 aliphatic carbocycles. The molecular formula is C11H10FN2O2. The van der Waals surface area contributed by atoms with Crippen molar-refractivity contribution in [3.05, 3.63) is 42.1 Å². The van der Waals surface area contributed by atoms with Gasteiger partial charge in [0.2, 0.25) is 5.91 Å². The minimum Gasteiger partial charge on any atom is -0.329 e. The molecule has 16 heavy (non-hydrogen) atoms. The van der Waals surface area contributed by atoms with Crippen molar-refractivity contribution in [1.82, 2.24) is 10.2 Å². The lowest BCUT2D eigenvalue weighted by atomic mass is 10.1. The molecule has 83 valence electrons. The number of benzene rings is 1. The Balaban J connectivity index is 2.24. The van der Waals surface area contributed by atoms with E-state index < -0.39 is 11.8 Å². The Labute approximate surface area is 92.0 Å². The van der Waals surface area contributed by atoms with Gasteiger partial charge in [0, 0.05) is 0 Å². The van der Waals surface area contributed by atoms with E-state index in [0.29, 0.717) is 5.56 Å². The van der Waals surface area contributed by atoms with Crippen molar-refractivity contribution in [2.45, 2.75) is 6.54 Å². The van der Waals surface area contributed by atoms with Gasteiger partial charge in [-0.1, -0.05) is 12.1 Å². The Hall–Kier alpha value is -1.91. The summed E-state index contributed by atoms with van der Waals surface area (Å²) in [5.41, 5.74) is 0.750. The summed E-state index contributed by atoms with van der Waals surface area (Å²) in [6.45, 7) is 3.62. The highest BCUT2D eigenvalue weighted by molar-refractivity contribution is 6.01. The van der Waals surface area contributed by atoms with Crippen LogP contribution in [-0.2, 0) is 11.3 Å². The highest BCUT2D eigenvalue weighted by Crippen LogP contribution is 2.15. The van der Waals surface area contributed by atoms with Gasteiger partial charge in [0.15, 0.2) is 0 Å². The van der Waals surface area contributed by atoms with Gasteiger partial charge in [0.25, 0.3) is 0 Å². The highest BCUT2D eigenvalue weighted by atomic mass is 19.1. The average molecular weight is 221 g/mol. The van der Waals surface area contributed by atoms with Gasteiger partial charge < -0.3 is 5.32 Å². The van der Waals surface area contributed by atoms with Crippen LogP contribution in [0.1, 0.15) is 11.1 Å². The summed E-state index contributed by atoms with van der Waals surface area (Å²) in [4.78, 5) is 23.6. The summed E-state index contributed by atoms with van der Waals surface area (Å²) in [6, 6.07) is 4.01. The van der Waals surface area contributed by atoms with Crippen molar-refractivity contribution in [3.8, 4) is 0 Å². The van der Waals surface area contributed by atoms with E-state index in [1.54, 1.807) is 6.07 Å². The molecule has 1 N–H and O–H groups in total. The summed E-state index contributed by atoms with van der Waals surface area (Å²) >= 11 is 0. The van der Waals surface area contributed by atoms with Crippen LogP contribution in [0.2, 0.25) is 0 Å². The molecule has 4 nitrogen and oxygen atoms in total. The average Bonchev–Trinajstić information content (AvgIpc) is 2.56. The molecule has 1 aromatic carbocycles. The standard InChI is InChI=1S/C11H10FN2O2/c1-7-8(3-2-4-9(7)12)6-14-10(15)5-13-11(14)16/h2-4H,1,5-6H2,(H,13,16). The molecular weight excluding hydrogens is 211 g/mol. The zero-order valence-electron chi connectivity index (χ0n) is 8.50. The smallest absolute Gasteiger partial charge is 0.324 e. The van der Waals surface area contributed by atoms with Crippen molar-refractivity contribution in [3.63, 3.8) is 0 Å². The molecule has 0 atom stereocenters. The van der Waals surface area contributed by atoms with Crippen molar-refractivity contribution in [2.24, 2.45) is 0 Å². The molecule has 1 radical (unpaired) electrons. The number of halogens is 1. The van der Waals surface area contributed by atoms with Crippen LogP contribution in [0, 0.1) is 12.7 Å². The number of carbonyl (C=O) groups is 2. The van der Waals surface area contributed by atoms with Gasteiger partial charge in [-0.15, -0.1) is 0 Å². The van der Waals surface area contributed by atoms with Gasteiger partial charge in [-0.25, -0.2) is 9.18 Å². The lowest BCUT2D eigenvalue weighted by molar-refractivity contribution is -0.125. The molecule has 1 aromatic rings. The molecule has 1 heterocycles. The number of rotatable bonds is 2. The maximum atomic E-state index is 13.2. The lowest BCUT2D eigenvalue weighted by Crippen LogP contribution is -2.30. The van der Waals surface area contributed by atoms with Gasteiger partial charge in [-0.2, -0.15) is 0 Å². The fourth-order valence-electron chi connectivity index (χ4n) is 1.54. The van der Waals surface area contributed by atoms with Crippen LogP contribution in [0.3, 0.4) is 0 Å². The zero-order valence-corrected chi connectivity index (χ0v) is 8.50. The summed E-state index contributed by atoms with van der Waals surface area (Å²) in [6.07, 6.45) is 0. The lowest BCUT2D eigenvalue weighted by Gasteiger charge is -2.14. The first kappa shape index (κ1) is 10.6. The van der Waals surface area contributed by atoms with E-state index in [1.807, 2.05) is 0 Å². The number of urea groups is 1. The van der Waals surface area contributed by atoms with Crippen LogP contribution in [0.4, 0.5) is 9.18 Å². The normalized spacial score (nSPS) is 15.5. The largest absolute Gasteiger partial charge is 0.329 e. The SMILES string of the molecule is [CH2]c1c(F)cccc1CN1C(=O)CNC1=O. The second-order valence-corrected chi connectivity index (χ2v) is 3.52. The second kappa shape index (κ2) is 3.92. The van der Waals surface area contributed by atoms with Crippen molar-refractivity contribution >= 4 is 11.9 Å². The molecule has 0 saturated carbocycles. The predicted octanol–water partition coefficient (Wildman–Crippen LogP) is 1.06. The van der Waals surface area contributed by atoms with Crippen LogP contribution < -0.4 is 5.32 Å². The minimum atomic E-state index is -0.450. The van der Waals surface area contributed by atoms with Crippen LogP contribution >= 0.6 is 0 Å². The number of nitrogens with zero attached hydrogens (tertiary/aromatic N) is 1. The van der Waals surface area contributed by atoms with Crippen molar-refractivity contribution in [1.29, 1.82) is 0 Å². The first-order valence-corrected chi connectivity index (χ1v) is 4.77. The second-order valence-electron chi connectivity index (χ2n) is 3.52. The highest BCUT2D eigenvalue weighted by Gasteiger charge is 2.28. The van der Waals surface area contributed by atoms with E-state index in [-0.39, 0.29) is 24.6 Å². The molecule has 5 heteroatoms. The number of hydrogen-bond acceptors (Lipinski definition) is 2. The monoisotopic (exact) mass is 221 g/mol. The van der Waals surface area contributed by atoms with Crippen molar-refractivity contribution < 1.29 is 14.0 Å². The van der Waals surface area contributed by atoms with Gasteiger partial charge in [0.1, 0.15) is 5.82 Å². The molecule has 1 fully saturated rings. The van der Waals surface area contributed by atoms with E-state index in [1.165, 1.54) is 12.1 Å². The maximum Gasteiger partial charge on any atom is 0.324 e. The molecule has 0 unspecified atom stereocenters. The van der Waals surface area contributed by atoms with E-state index in [2.05, 4.69) is 12.2 Å². The molecule has 1 aliphatic rings. The van der Waals surface area contributed by atoms with Gasteiger partial charge in [-0.05, 0) is 24.1 Å². The van der Waals surface area contributed by atoms with Gasteiger partial charge in [0.05, 0.1) is 13.1 Å². The number of nitrogens with one attached hydrogen (secondary N) is 1. The summed E-state index contributed by atoms with van der Waals surface area (Å²) < 4.78 is 13.2. The number of hydrogen-bond donors (Lipinski definition) is 1. The van der Waals surface area contributed by atoms with Crippen molar-refractivity contribution in [2.75, 3.05) is 6.54 Å². The quantitative estimate of drug-likeness (QED) is 0.759. The first-order valence-electron chi connectivity index (χ1n) is 4.77. The third kappa shape index (κ3) is 1.76. The Morgan fingerprint density at radius 1 is 1.44 bits per heavy atom. The van der Waals surface area contributed by atoms with Crippen LogP contribution in [0.5, 0.6) is 0 Å². The van der Waals surface area contributed by atoms with E-state index in [0.717, 1.165) is 4.90 Å². The predicted molar refractivity (Wildman–Crippen MR) is 54.8 cm³/mol. The van der Waals surface area contributed by atoms with Crippen LogP contribution in [0.25, 0.3) is 0 Å². The molecule has 2 rings (SSSR count). The van der Waals surface area contributed by atoms with E-state index in [9.17, 15) is 14.0 Å². The third-order valence-corrected chi connectivity index (χ3v) is 2.48. The Kier molecular flexibility index (Phi) is 2.60. The number of carbonyl (C=O) groups excluding carboxylic acids is 2. The van der Waals surface area contributed by atoms with Gasteiger partial charge in [-0.3, -0.25) is 9.69 Å². The minimum absolute atomic E-state index is 0.000620. The van der Waals surface area contributed by atoms with Crippen LogP contribution in [-0.4, -0.2) is 23.4 Å². The maximum absolute atomic E-state index is 13.2. The summed E-state index contributed by atoms with van der Waals surface area (Å²) in [5.74, 6) is -0.752. The summed E-state index contributed by atoms with van der Waals surface area (Å²) in [5, 5.41) is 2.40. The van der Waals surface area contributed by atoms with E-state index >= 15 is 0 Å². The van der Waals surface area contributed by atoms with Crippen LogP contribution in [0.15, 0.2) is 18.2 Å². The Morgan fingerprint density at radius 2 is 2.19 bits per heavy atom. The molecule has 0 bridgehead atoms. The summed E-state index contributed by atoms with van der Waals surface area (Å²) in [7, 11) is 0. The fraction of sp³-hybridized carbons (Fsp3) is 0.182. The first-order chi connectivity index (χ1) is 7.59. The number of imide groups is 1. The topological polar surface area (TPSA) is 49.4 Å². The Morgan fingerprint density at radius 3 is 2.81 bits per heavy atom. The molecule has 0 aromatic heterocycles. The molecule has 1 saturated heterocycles. The van der Waals surface area contributed by atoms with E-state index in [4.69, 9.17) is 0 Å². The fourth-order valence-corrected chi connectivity index (χ4v) is 1.54. The Bertz CT molecular complexity index is 443. The zero-order chi connectivity index (χ0) is 11.7. The number of amides is 3. The third-order valence-electron chi connectivity index (χ3n) is 2.48. The molecule has 3 amide bonds. The molecule has 1 aliphatic heterocycles. The molecule has 0 spiro atoms.